The van der Waals surface area contributed by atoms with Crippen molar-refractivity contribution in [2.24, 2.45) is 5.92 Å². The Morgan fingerprint density at radius 3 is 2.49 bits per heavy atom. The predicted octanol–water partition coefficient (Wildman–Crippen LogP) is 7.56. The average molecular weight is 479 g/mol. The van der Waals surface area contributed by atoms with Crippen LogP contribution in [-0.2, 0) is 0 Å². The van der Waals surface area contributed by atoms with Gasteiger partial charge in [0, 0.05) is 28.0 Å². The van der Waals surface area contributed by atoms with Crippen molar-refractivity contribution in [3.63, 3.8) is 0 Å². The molecule has 174 valence electrons. The highest BCUT2D eigenvalue weighted by atomic mass is 35.5. The van der Waals surface area contributed by atoms with Gasteiger partial charge < -0.3 is 5.73 Å². The van der Waals surface area contributed by atoms with Gasteiger partial charge in [0.1, 0.15) is 11.8 Å². The molecule has 35 heavy (non-hydrogen) atoms. The minimum Gasteiger partial charge on any atom is -0.398 e. The molecular weight excluding hydrogens is 452 g/mol. The van der Waals surface area contributed by atoms with E-state index < -0.39 is 0 Å². The topological polar surface area (TPSA) is 86.5 Å². The molecule has 4 rings (SSSR count). The fourth-order valence-corrected chi connectivity index (χ4v) is 4.52. The molecule has 0 atom stereocenters. The maximum Gasteiger partial charge on any atom is 0.141 e. The van der Waals surface area contributed by atoms with Crippen LogP contribution < -0.4 is 5.73 Å². The second-order valence-electron chi connectivity index (χ2n) is 8.84. The van der Waals surface area contributed by atoms with E-state index in [1.807, 2.05) is 67.7 Å². The maximum absolute atomic E-state index is 9.36. The van der Waals surface area contributed by atoms with E-state index in [-0.39, 0.29) is 5.71 Å². The van der Waals surface area contributed by atoms with Crippen molar-refractivity contribution in [3.05, 3.63) is 112 Å². The molecule has 0 amide bonds. The number of anilines is 1. The molecule has 0 saturated heterocycles. The summed E-state index contributed by atoms with van der Waals surface area (Å²) in [7, 11) is 0. The molecule has 1 fully saturated rings. The molecule has 0 radical (unpaired) electrons. The summed E-state index contributed by atoms with van der Waals surface area (Å²) < 4.78 is 0. The standard InChI is InChI=1S/C30H27ClN4/c1-19(2)10-13-23-14-11-22(18-35-23)29(21-12-15-27(33)25(16-21)28(34)17-32)30(20-6-5-7-20)24-8-3-4-9-26(24)31/h3-4,8-16,18,20,34H,1,5-7,33H2,2H3/b13-10+,30-29-,34-28?. The highest BCUT2D eigenvalue weighted by Gasteiger charge is 2.28. The van der Waals surface area contributed by atoms with Crippen molar-refractivity contribution in [2.45, 2.75) is 26.2 Å². The van der Waals surface area contributed by atoms with E-state index in [0.717, 1.165) is 51.9 Å². The quantitative estimate of drug-likeness (QED) is 0.159. The molecule has 1 saturated carbocycles. The Balaban J connectivity index is 1.99. The van der Waals surface area contributed by atoms with Crippen LogP contribution in [0, 0.1) is 22.7 Å². The van der Waals surface area contributed by atoms with Gasteiger partial charge in [-0.25, -0.2) is 0 Å². The number of nitrogens with two attached hydrogens (primary N) is 1. The first-order valence-corrected chi connectivity index (χ1v) is 11.9. The van der Waals surface area contributed by atoms with Crippen molar-refractivity contribution >= 4 is 40.2 Å². The Kier molecular flexibility index (Phi) is 7.29. The zero-order chi connectivity index (χ0) is 24.9. The predicted molar refractivity (Wildman–Crippen MR) is 146 cm³/mol. The first-order valence-electron chi connectivity index (χ1n) is 11.6. The Morgan fingerprint density at radius 2 is 1.89 bits per heavy atom. The van der Waals surface area contributed by atoms with E-state index in [0.29, 0.717) is 22.2 Å². The smallest absolute Gasteiger partial charge is 0.141 e. The van der Waals surface area contributed by atoms with Crippen molar-refractivity contribution < 1.29 is 0 Å². The molecule has 1 heterocycles. The molecule has 0 aliphatic heterocycles. The number of nitrogens with one attached hydrogen (secondary N) is 1. The highest BCUT2D eigenvalue weighted by Crippen LogP contribution is 2.46. The van der Waals surface area contributed by atoms with Gasteiger partial charge in [-0.15, -0.1) is 0 Å². The summed E-state index contributed by atoms with van der Waals surface area (Å²) in [5.74, 6) is 0.351. The monoisotopic (exact) mass is 478 g/mol. The summed E-state index contributed by atoms with van der Waals surface area (Å²) in [5.41, 5.74) is 13.6. The summed E-state index contributed by atoms with van der Waals surface area (Å²) in [5, 5.41) is 18.2. The Labute approximate surface area is 211 Å². The normalized spacial score (nSPS) is 14.2. The van der Waals surface area contributed by atoms with Gasteiger partial charge in [-0.05, 0) is 78.3 Å². The minimum absolute atomic E-state index is 0.162. The molecule has 1 aliphatic carbocycles. The van der Waals surface area contributed by atoms with E-state index in [2.05, 4.69) is 23.7 Å². The first-order chi connectivity index (χ1) is 16.9. The number of halogens is 1. The number of rotatable bonds is 7. The summed E-state index contributed by atoms with van der Waals surface area (Å²) in [6.45, 7) is 5.85. The lowest BCUT2D eigenvalue weighted by atomic mass is 9.73. The van der Waals surface area contributed by atoms with Crippen LogP contribution in [-0.4, -0.2) is 10.7 Å². The van der Waals surface area contributed by atoms with Gasteiger partial charge in [-0.3, -0.25) is 10.4 Å². The van der Waals surface area contributed by atoms with Crippen LogP contribution in [0.15, 0.2) is 79.0 Å². The summed E-state index contributed by atoms with van der Waals surface area (Å²) >= 11 is 6.72. The van der Waals surface area contributed by atoms with Gasteiger partial charge in [0.05, 0.1) is 5.69 Å². The van der Waals surface area contributed by atoms with E-state index in [1.165, 1.54) is 6.42 Å². The molecular formula is C30H27ClN4. The van der Waals surface area contributed by atoms with Gasteiger partial charge in [-0.2, -0.15) is 5.26 Å². The van der Waals surface area contributed by atoms with Crippen LogP contribution in [0.25, 0.3) is 17.2 Å². The van der Waals surface area contributed by atoms with E-state index in [9.17, 15) is 5.26 Å². The third kappa shape index (κ3) is 5.26. The molecule has 1 aromatic heterocycles. The van der Waals surface area contributed by atoms with Crippen LogP contribution >= 0.6 is 11.6 Å². The summed E-state index contributed by atoms with van der Waals surface area (Å²) in [4.78, 5) is 4.68. The molecule has 2 aromatic carbocycles. The average Bonchev–Trinajstić information content (AvgIpc) is 2.82. The molecule has 5 heteroatoms. The molecule has 3 aromatic rings. The van der Waals surface area contributed by atoms with Crippen LogP contribution in [0.1, 0.15) is 54.1 Å². The Bertz CT molecular complexity index is 1390. The number of hydrogen-bond acceptors (Lipinski definition) is 4. The van der Waals surface area contributed by atoms with Crippen LogP contribution in [0.3, 0.4) is 0 Å². The largest absolute Gasteiger partial charge is 0.398 e. The number of pyridine rings is 1. The molecule has 1 aliphatic rings. The van der Waals surface area contributed by atoms with Crippen LogP contribution in [0.5, 0.6) is 0 Å². The number of hydrogen-bond donors (Lipinski definition) is 2. The molecule has 0 bridgehead atoms. The van der Waals surface area contributed by atoms with Crippen molar-refractivity contribution in [3.8, 4) is 6.07 Å². The van der Waals surface area contributed by atoms with Gasteiger partial charge >= 0.3 is 0 Å². The SMILES string of the molecule is C=C(C)/C=C/c1ccc(/C(=C(\c2ccccc2Cl)C2CCC2)c2ccc(N)c(C(=N)C#N)c2)cn1. The second kappa shape index (κ2) is 10.5. The third-order valence-electron chi connectivity index (χ3n) is 6.28. The van der Waals surface area contributed by atoms with Gasteiger partial charge in [0.15, 0.2) is 0 Å². The molecule has 3 N–H and O–H groups in total. The fraction of sp³-hybridized carbons (Fsp3) is 0.167. The number of benzene rings is 2. The van der Waals surface area contributed by atoms with Crippen molar-refractivity contribution in [2.75, 3.05) is 5.73 Å². The zero-order valence-corrected chi connectivity index (χ0v) is 20.4. The molecule has 0 unspecified atom stereocenters. The number of nitrogen functional groups attached to an aromatic ring is 1. The maximum atomic E-state index is 9.36. The Hall–Kier alpha value is -3.94. The van der Waals surface area contributed by atoms with Gasteiger partial charge in [-0.1, -0.05) is 66.6 Å². The summed E-state index contributed by atoms with van der Waals surface area (Å²) in [6, 6.07) is 19.4. The number of aromatic nitrogens is 1. The van der Waals surface area contributed by atoms with Gasteiger partial charge in [0.25, 0.3) is 0 Å². The molecule has 4 nitrogen and oxygen atoms in total. The summed E-state index contributed by atoms with van der Waals surface area (Å²) in [6.07, 6.45) is 9.06. The number of nitriles is 1. The lowest BCUT2D eigenvalue weighted by Crippen LogP contribution is -2.15. The van der Waals surface area contributed by atoms with Crippen LogP contribution in [0.2, 0.25) is 5.02 Å². The van der Waals surface area contributed by atoms with Gasteiger partial charge in [0.2, 0.25) is 0 Å². The van der Waals surface area contributed by atoms with E-state index in [1.54, 1.807) is 6.07 Å². The Morgan fingerprint density at radius 1 is 1.14 bits per heavy atom. The van der Waals surface area contributed by atoms with Crippen LogP contribution in [0.4, 0.5) is 5.69 Å². The zero-order valence-electron chi connectivity index (χ0n) is 19.7. The number of nitrogens with zero attached hydrogens (tertiary/aromatic N) is 2. The van der Waals surface area contributed by atoms with E-state index in [4.69, 9.17) is 22.7 Å². The first kappa shape index (κ1) is 24.2. The lowest BCUT2D eigenvalue weighted by Gasteiger charge is -2.32. The van der Waals surface area contributed by atoms with E-state index >= 15 is 0 Å². The second-order valence-corrected chi connectivity index (χ2v) is 9.24. The van der Waals surface area contributed by atoms with Crippen molar-refractivity contribution in [1.29, 1.82) is 10.7 Å². The van der Waals surface area contributed by atoms with Crippen molar-refractivity contribution in [1.82, 2.24) is 4.98 Å². The molecule has 0 spiro atoms. The lowest BCUT2D eigenvalue weighted by molar-refractivity contribution is 0.401. The fourth-order valence-electron chi connectivity index (χ4n) is 4.28. The third-order valence-corrected chi connectivity index (χ3v) is 6.61. The highest BCUT2D eigenvalue weighted by molar-refractivity contribution is 6.32. The number of allylic oxidation sites excluding steroid dienone is 3. The minimum atomic E-state index is -0.162.